The maximum atomic E-state index is 12.7. The Morgan fingerprint density at radius 1 is 1.27 bits per heavy atom. The van der Waals surface area contributed by atoms with Gasteiger partial charge in [0.25, 0.3) is 0 Å². The van der Waals surface area contributed by atoms with Crippen LogP contribution in [0.3, 0.4) is 0 Å². The Hall–Kier alpha value is -1.53. The molecule has 0 saturated carbocycles. The first kappa shape index (κ1) is 15.4. The van der Waals surface area contributed by atoms with Gasteiger partial charge in [0.15, 0.2) is 0 Å². The number of piperidine rings is 1. The first-order valence-electron chi connectivity index (χ1n) is 7.74. The van der Waals surface area contributed by atoms with Crippen LogP contribution in [0.1, 0.15) is 36.5 Å². The number of amides is 1. The molecule has 4 nitrogen and oxygen atoms in total. The second-order valence-corrected chi connectivity index (χ2v) is 6.33. The number of hydrogen-bond acceptors (Lipinski definition) is 2. The Morgan fingerprint density at radius 2 is 1.95 bits per heavy atom. The van der Waals surface area contributed by atoms with Crippen LogP contribution in [0.5, 0.6) is 0 Å². The lowest BCUT2D eigenvalue weighted by atomic mass is 9.87. The summed E-state index contributed by atoms with van der Waals surface area (Å²) in [5.74, 6) is -0.540. The molecule has 1 N–H and O–H groups in total. The van der Waals surface area contributed by atoms with Gasteiger partial charge in [-0.15, -0.1) is 0 Å². The van der Waals surface area contributed by atoms with Gasteiger partial charge in [-0.3, -0.25) is 4.79 Å². The molecule has 7 heteroatoms. The molecule has 1 saturated heterocycles. The quantitative estimate of drug-likeness (QED) is 0.866. The van der Waals surface area contributed by atoms with Gasteiger partial charge < -0.3 is 9.88 Å². The van der Waals surface area contributed by atoms with Crippen molar-refractivity contribution in [2.24, 2.45) is 11.8 Å². The molecule has 2 heterocycles. The maximum absolute atomic E-state index is 12.7. The van der Waals surface area contributed by atoms with Crippen molar-refractivity contribution < 1.29 is 18.0 Å². The van der Waals surface area contributed by atoms with Crippen LogP contribution in [0.15, 0.2) is 0 Å². The first-order valence-corrected chi connectivity index (χ1v) is 7.74. The number of carbonyl (C=O) groups is 1. The number of halogens is 3. The van der Waals surface area contributed by atoms with Crippen LogP contribution in [-0.4, -0.2) is 40.0 Å². The standard InChI is InChI=1S/C15H20F3N3O/c1-9-19-12-3-2-10(8-13(12)20-9)14(22)21-6-4-11(5-7-21)15(16,17)18/h10-11H,2-8H2,1H3,(H,19,20). The van der Waals surface area contributed by atoms with E-state index in [2.05, 4.69) is 9.97 Å². The number of H-pyrrole nitrogens is 1. The van der Waals surface area contributed by atoms with Crippen LogP contribution in [0.25, 0.3) is 0 Å². The van der Waals surface area contributed by atoms with Crippen LogP contribution in [0, 0.1) is 18.8 Å². The molecule has 3 rings (SSSR count). The van der Waals surface area contributed by atoms with Crippen molar-refractivity contribution in [2.45, 2.75) is 45.2 Å². The summed E-state index contributed by atoms with van der Waals surface area (Å²) in [6.45, 7) is 2.32. The molecular formula is C15H20F3N3O. The summed E-state index contributed by atoms with van der Waals surface area (Å²) in [5, 5.41) is 0. The Labute approximate surface area is 127 Å². The fourth-order valence-corrected chi connectivity index (χ4v) is 3.52. The highest BCUT2D eigenvalue weighted by Crippen LogP contribution is 2.35. The molecule has 1 aliphatic carbocycles. The minimum Gasteiger partial charge on any atom is -0.346 e. The predicted octanol–water partition coefficient (Wildman–Crippen LogP) is 2.62. The van der Waals surface area contributed by atoms with Crippen molar-refractivity contribution in [3.8, 4) is 0 Å². The highest BCUT2D eigenvalue weighted by atomic mass is 19.4. The third-order valence-electron chi connectivity index (χ3n) is 4.78. The van der Waals surface area contributed by atoms with Crippen LogP contribution in [0.2, 0.25) is 0 Å². The molecule has 1 atom stereocenters. The fourth-order valence-electron chi connectivity index (χ4n) is 3.52. The van der Waals surface area contributed by atoms with E-state index < -0.39 is 12.1 Å². The third-order valence-corrected chi connectivity index (χ3v) is 4.78. The summed E-state index contributed by atoms with van der Waals surface area (Å²) in [6.07, 6.45) is -1.98. The highest BCUT2D eigenvalue weighted by molar-refractivity contribution is 5.79. The molecule has 0 radical (unpaired) electrons. The maximum Gasteiger partial charge on any atom is 0.391 e. The monoisotopic (exact) mass is 315 g/mol. The number of likely N-dealkylation sites (tertiary alicyclic amines) is 1. The molecule has 1 unspecified atom stereocenters. The molecule has 0 bridgehead atoms. The largest absolute Gasteiger partial charge is 0.391 e. The van der Waals surface area contributed by atoms with E-state index in [1.54, 1.807) is 4.90 Å². The van der Waals surface area contributed by atoms with Gasteiger partial charge in [0, 0.05) is 31.1 Å². The summed E-state index contributed by atoms with van der Waals surface area (Å²) < 4.78 is 38.0. The van der Waals surface area contributed by atoms with Crippen molar-refractivity contribution in [2.75, 3.05) is 13.1 Å². The van der Waals surface area contributed by atoms with Gasteiger partial charge >= 0.3 is 6.18 Å². The first-order chi connectivity index (χ1) is 10.3. The molecule has 1 aromatic rings. The minimum absolute atomic E-state index is 0.00136. The van der Waals surface area contributed by atoms with E-state index in [1.165, 1.54) is 0 Å². The van der Waals surface area contributed by atoms with Crippen LogP contribution in [0.4, 0.5) is 13.2 Å². The summed E-state index contributed by atoms with van der Waals surface area (Å²) in [5.41, 5.74) is 2.03. The van der Waals surface area contributed by atoms with Crippen molar-refractivity contribution in [1.29, 1.82) is 0 Å². The molecule has 1 amide bonds. The summed E-state index contributed by atoms with van der Waals surface area (Å²) in [7, 11) is 0. The van der Waals surface area contributed by atoms with E-state index in [0.717, 1.165) is 30.1 Å². The van der Waals surface area contributed by atoms with E-state index in [4.69, 9.17) is 0 Å². The van der Waals surface area contributed by atoms with Crippen LogP contribution >= 0.6 is 0 Å². The van der Waals surface area contributed by atoms with Gasteiger partial charge in [-0.05, 0) is 32.6 Å². The second kappa shape index (κ2) is 5.59. The van der Waals surface area contributed by atoms with Crippen molar-refractivity contribution in [3.63, 3.8) is 0 Å². The average molecular weight is 315 g/mol. The molecule has 1 fully saturated rings. The number of alkyl halides is 3. The zero-order chi connectivity index (χ0) is 15.9. The normalized spacial score (nSPS) is 23.5. The lowest BCUT2D eigenvalue weighted by Crippen LogP contribution is -2.45. The number of aromatic amines is 1. The van der Waals surface area contributed by atoms with Crippen molar-refractivity contribution in [1.82, 2.24) is 14.9 Å². The minimum atomic E-state index is -4.14. The second-order valence-electron chi connectivity index (χ2n) is 6.33. The van der Waals surface area contributed by atoms with E-state index in [1.807, 2.05) is 6.92 Å². The van der Waals surface area contributed by atoms with Gasteiger partial charge in [0.05, 0.1) is 11.6 Å². The van der Waals surface area contributed by atoms with Gasteiger partial charge in [0.2, 0.25) is 5.91 Å². The number of carbonyl (C=O) groups excluding carboxylic acids is 1. The zero-order valence-electron chi connectivity index (χ0n) is 12.5. The molecule has 1 aromatic heterocycles. The average Bonchev–Trinajstić information content (AvgIpc) is 2.84. The van der Waals surface area contributed by atoms with Crippen LogP contribution < -0.4 is 0 Å². The Balaban J connectivity index is 1.59. The molecule has 1 aliphatic heterocycles. The Bertz CT molecular complexity index is 559. The summed E-state index contributed by atoms with van der Waals surface area (Å²) in [4.78, 5) is 21.7. The molecule has 2 aliphatic rings. The van der Waals surface area contributed by atoms with E-state index in [-0.39, 0.29) is 37.8 Å². The van der Waals surface area contributed by atoms with Gasteiger partial charge in [-0.2, -0.15) is 13.2 Å². The highest BCUT2D eigenvalue weighted by Gasteiger charge is 2.42. The van der Waals surface area contributed by atoms with Crippen molar-refractivity contribution in [3.05, 3.63) is 17.2 Å². The smallest absolute Gasteiger partial charge is 0.346 e. The number of aryl methyl sites for hydroxylation is 2. The number of nitrogens with one attached hydrogen (secondary N) is 1. The van der Waals surface area contributed by atoms with Gasteiger partial charge in [-0.1, -0.05) is 0 Å². The molecule has 22 heavy (non-hydrogen) atoms. The van der Waals surface area contributed by atoms with E-state index >= 15 is 0 Å². The van der Waals surface area contributed by atoms with Crippen molar-refractivity contribution >= 4 is 5.91 Å². The topological polar surface area (TPSA) is 49.0 Å². The number of hydrogen-bond donors (Lipinski definition) is 1. The molecule has 122 valence electrons. The summed E-state index contributed by atoms with van der Waals surface area (Å²) in [6, 6.07) is 0. The molecule has 0 aromatic carbocycles. The number of imidazole rings is 1. The summed E-state index contributed by atoms with van der Waals surface area (Å²) >= 11 is 0. The lowest BCUT2D eigenvalue weighted by molar-refractivity contribution is -0.187. The fraction of sp³-hybridized carbons (Fsp3) is 0.733. The Morgan fingerprint density at radius 3 is 2.59 bits per heavy atom. The Kier molecular flexibility index (Phi) is 3.91. The zero-order valence-corrected chi connectivity index (χ0v) is 12.5. The predicted molar refractivity (Wildman–Crippen MR) is 74.2 cm³/mol. The SMILES string of the molecule is Cc1nc2c([nH]1)CC(C(=O)N1CCC(C(F)(F)F)CC1)CC2. The molecular weight excluding hydrogens is 295 g/mol. The lowest BCUT2D eigenvalue weighted by Gasteiger charge is -2.35. The van der Waals surface area contributed by atoms with Crippen LogP contribution in [-0.2, 0) is 17.6 Å². The number of rotatable bonds is 1. The number of fused-ring (bicyclic) bond motifs is 1. The number of nitrogens with zero attached hydrogens (tertiary/aromatic N) is 2. The van der Waals surface area contributed by atoms with Gasteiger partial charge in [0.1, 0.15) is 5.82 Å². The molecule has 0 spiro atoms. The third kappa shape index (κ3) is 2.98. The van der Waals surface area contributed by atoms with Gasteiger partial charge in [-0.25, -0.2) is 4.98 Å². The van der Waals surface area contributed by atoms with E-state index in [9.17, 15) is 18.0 Å². The van der Waals surface area contributed by atoms with E-state index in [0.29, 0.717) is 6.42 Å². The number of aromatic nitrogens is 2.